The summed E-state index contributed by atoms with van der Waals surface area (Å²) < 4.78 is 0. The molecule has 0 aliphatic heterocycles. The van der Waals surface area contributed by atoms with Crippen LogP contribution < -0.4 is 5.73 Å². The summed E-state index contributed by atoms with van der Waals surface area (Å²) in [4.78, 5) is 0. The summed E-state index contributed by atoms with van der Waals surface area (Å²) in [5.41, 5.74) is 5.70. The van der Waals surface area contributed by atoms with Crippen molar-refractivity contribution in [3.63, 3.8) is 0 Å². The quantitative estimate of drug-likeness (QED) is 0.582. The fraction of sp³-hybridized carbons (Fsp3) is 0.750. The third-order valence-corrected chi connectivity index (χ3v) is 1.40. The Morgan fingerprint density at radius 2 is 2.20 bits per heavy atom. The molecular weight excluding hydrogens is 126 g/mol. The largest absolute Gasteiger partial charge is 0.412 e. The first-order valence-electron chi connectivity index (χ1n) is 3.67. The summed E-state index contributed by atoms with van der Waals surface area (Å²) in [6.07, 6.45) is 6.47. The van der Waals surface area contributed by atoms with Gasteiger partial charge in [-0.2, -0.15) is 0 Å². The van der Waals surface area contributed by atoms with E-state index in [9.17, 15) is 0 Å². The van der Waals surface area contributed by atoms with Gasteiger partial charge in [0.15, 0.2) is 0 Å². The summed E-state index contributed by atoms with van der Waals surface area (Å²) in [6, 6.07) is 0.349. The number of hydrogen-bond acceptors (Lipinski definition) is 1. The van der Waals surface area contributed by atoms with Gasteiger partial charge in [-0.1, -0.05) is 25.8 Å². The van der Waals surface area contributed by atoms with Crippen LogP contribution in [-0.4, -0.2) is 11.5 Å². The Balaban J connectivity index is 0. The molecule has 0 amide bonds. The maximum Gasteiger partial charge on any atom is 0.00733 e. The van der Waals surface area contributed by atoms with Crippen molar-refractivity contribution in [2.45, 2.75) is 38.6 Å². The van der Waals surface area contributed by atoms with Gasteiger partial charge < -0.3 is 11.2 Å². The molecule has 0 radical (unpaired) electrons. The first kappa shape index (κ1) is 12.3. The third-order valence-electron chi connectivity index (χ3n) is 1.40. The highest BCUT2D eigenvalue weighted by atomic mass is 16.0. The van der Waals surface area contributed by atoms with E-state index in [-0.39, 0.29) is 5.48 Å². The van der Waals surface area contributed by atoms with Crippen molar-refractivity contribution in [2.75, 3.05) is 0 Å². The Hall–Kier alpha value is -0.340. The van der Waals surface area contributed by atoms with Crippen molar-refractivity contribution in [2.24, 2.45) is 5.73 Å². The van der Waals surface area contributed by atoms with Gasteiger partial charge in [0.2, 0.25) is 0 Å². The predicted molar refractivity (Wildman–Crippen MR) is 45.9 cm³/mol. The molecular formula is C8H19NO. The molecule has 0 aromatic rings. The molecule has 0 aliphatic rings. The highest BCUT2D eigenvalue weighted by molar-refractivity contribution is 4.74. The molecule has 4 N–H and O–H groups in total. The Kier molecular flexibility index (Phi) is 10.7. The first-order valence-corrected chi connectivity index (χ1v) is 3.67. The molecule has 2 nitrogen and oxygen atoms in total. The van der Waals surface area contributed by atoms with Gasteiger partial charge in [-0.15, -0.1) is 6.58 Å². The van der Waals surface area contributed by atoms with Gasteiger partial charge >= 0.3 is 0 Å². The molecule has 1 unspecified atom stereocenters. The highest BCUT2D eigenvalue weighted by Gasteiger charge is 1.96. The normalized spacial score (nSPS) is 11.8. The zero-order chi connectivity index (χ0) is 7.11. The molecule has 0 aromatic heterocycles. The van der Waals surface area contributed by atoms with Crippen LogP contribution in [0.25, 0.3) is 0 Å². The molecule has 0 spiro atoms. The van der Waals surface area contributed by atoms with E-state index < -0.39 is 0 Å². The molecule has 62 valence electrons. The number of rotatable bonds is 5. The van der Waals surface area contributed by atoms with Crippen LogP contribution in [0.3, 0.4) is 0 Å². The molecule has 0 aliphatic carbocycles. The second-order valence-electron chi connectivity index (χ2n) is 2.43. The summed E-state index contributed by atoms with van der Waals surface area (Å²) in [7, 11) is 0. The van der Waals surface area contributed by atoms with Gasteiger partial charge in [0.25, 0.3) is 0 Å². The second kappa shape index (κ2) is 8.66. The van der Waals surface area contributed by atoms with Crippen molar-refractivity contribution in [1.82, 2.24) is 0 Å². The minimum Gasteiger partial charge on any atom is -0.412 e. The van der Waals surface area contributed by atoms with Gasteiger partial charge in [-0.3, -0.25) is 0 Å². The average molecular weight is 145 g/mol. The Labute approximate surface area is 63.4 Å². The van der Waals surface area contributed by atoms with Crippen molar-refractivity contribution >= 4 is 0 Å². The predicted octanol–water partition coefficient (Wildman–Crippen LogP) is 1.26. The van der Waals surface area contributed by atoms with Crippen LogP contribution in [0.2, 0.25) is 0 Å². The summed E-state index contributed by atoms with van der Waals surface area (Å²) in [6.45, 7) is 5.81. The zero-order valence-corrected chi connectivity index (χ0v) is 6.77. The Bertz CT molecular complexity index is 73.7. The molecule has 0 fully saturated rings. The number of hydrogen-bond donors (Lipinski definition) is 1. The van der Waals surface area contributed by atoms with Crippen molar-refractivity contribution in [1.29, 1.82) is 0 Å². The van der Waals surface area contributed by atoms with Gasteiger partial charge in [0.1, 0.15) is 0 Å². The van der Waals surface area contributed by atoms with Crippen LogP contribution in [0.4, 0.5) is 0 Å². The number of nitrogens with two attached hydrogens (primary N) is 1. The average Bonchev–Trinajstić information content (AvgIpc) is 1.85. The lowest BCUT2D eigenvalue weighted by atomic mass is 10.1. The lowest BCUT2D eigenvalue weighted by molar-refractivity contribution is 0.582. The second-order valence-corrected chi connectivity index (χ2v) is 2.43. The van der Waals surface area contributed by atoms with E-state index >= 15 is 0 Å². The molecule has 0 saturated carbocycles. The fourth-order valence-corrected chi connectivity index (χ4v) is 0.798. The van der Waals surface area contributed by atoms with E-state index in [0.717, 1.165) is 12.8 Å². The molecule has 10 heavy (non-hydrogen) atoms. The summed E-state index contributed by atoms with van der Waals surface area (Å²) in [5, 5.41) is 0. The topological polar surface area (TPSA) is 57.5 Å². The van der Waals surface area contributed by atoms with E-state index in [1.165, 1.54) is 12.8 Å². The smallest absolute Gasteiger partial charge is 0.00733 e. The minimum atomic E-state index is 0. The molecule has 0 saturated heterocycles. The molecule has 1 atom stereocenters. The minimum absolute atomic E-state index is 0. The van der Waals surface area contributed by atoms with Gasteiger partial charge in [-0.05, 0) is 12.8 Å². The van der Waals surface area contributed by atoms with Crippen LogP contribution in [0.5, 0.6) is 0 Å². The lowest BCUT2D eigenvalue weighted by Crippen LogP contribution is -2.18. The van der Waals surface area contributed by atoms with Crippen LogP contribution in [0, 0.1) is 0 Å². The Morgan fingerprint density at radius 1 is 1.60 bits per heavy atom. The first-order chi connectivity index (χ1) is 4.31. The standard InChI is InChI=1S/C8H17N.H2O/c1-3-5-7-8(9)6-4-2;/h4,8H,2-3,5-7,9H2,1H3;1H2. The van der Waals surface area contributed by atoms with E-state index in [1.807, 2.05) is 6.08 Å². The SMILES string of the molecule is C=CCC(N)CCCC.O. The van der Waals surface area contributed by atoms with Crippen LogP contribution in [0.15, 0.2) is 12.7 Å². The summed E-state index contributed by atoms with van der Waals surface area (Å²) in [5.74, 6) is 0. The maximum atomic E-state index is 5.70. The van der Waals surface area contributed by atoms with Crippen LogP contribution in [0.1, 0.15) is 32.6 Å². The molecule has 0 bridgehead atoms. The fourth-order valence-electron chi connectivity index (χ4n) is 0.798. The highest BCUT2D eigenvalue weighted by Crippen LogP contribution is 2.01. The van der Waals surface area contributed by atoms with Crippen LogP contribution >= 0.6 is 0 Å². The maximum absolute atomic E-state index is 5.70. The molecule has 2 heteroatoms. The monoisotopic (exact) mass is 145 g/mol. The number of unbranched alkanes of at least 4 members (excludes halogenated alkanes) is 1. The molecule has 0 aromatic carbocycles. The van der Waals surface area contributed by atoms with Crippen LogP contribution in [-0.2, 0) is 0 Å². The zero-order valence-electron chi connectivity index (χ0n) is 6.77. The third kappa shape index (κ3) is 7.66. The van der Waals surface area contributed by atoms with Crippen molar-refractivity contribution < 1.29 is 5.48 Å². The van der Waals surface area contributed by atoms with Gasteiger partial charge in [0, 0.05) is 6.04 Å². The lowest BCUT2D eigenvalue weighted by Gasteiger charge is -2.05. The molecule has 0 rings (SSSR count). The van der Waals surface area contributed by atoms with Gasteiger partial charge in [-0.25, -0.2) is 0 Å². The van der Waals surface area contributed by atoms with E-state index in [2.05, 4.69) is 13.5 Å². The van der Waals surface area contributed by atoms with Crippen molar-refractivity contribution in [3.8, 4) is 0 Å². The van der Waals surface area contributed by atoms with Gasteiger partial charge in [0.05, 0.1) is 0 Å². The van der Waals surface area contributed by atoms with E-state index in [4.69, 9.17) is 5.73 Å². The van der Waals surface area contributed by atoms with E-state index in [0.29, 0.717) is 6.04 Å². The van der Waals surface area contributed by atoms with Crippen molar-refractivity contribution in [3.05, 3.63) is 12.7 Å². The molecule has 0 heterocycles. The Morgan fingerprint density at radius 3 is 2.60 bits per heavy atom. The summed E-state index contributed by atoms with van der Waals surface area (Å²) >= 11 is 0. The van der Waals surface area contributed by atoms with E-state index in [1.54, 1.807) is 0 Å².